The van der Waals surface area contributed by atoms with Gasteiger partial charge in [-0.3, -0.25) is 4.79 Å². The van der Waals surface area contributed by atoms with Gasteiger partial charge in [-0.15, -0.1) is 11.8 Å². The molecule has 24 heavy (non-hydrogen) atoms. The average Bonchev–Trinajstić information content (AvgIpc) is 2.53. The smallest absolute Gasteiger partial charge is 0.230 e. The lowest BCUT2D eigenvalue weighted by Gasteiger charge is -2.37. The van der Waals surface area contributed by atoms with Crippen LogP contribution < -0.4 is 10.1 Å². The van der Waals surface area contributed by atoms with E-state index >= 15 is 0 Å². The summed E-state index contributed by atoms with van der Waals surface area (Å²) >= 11 is 1.56. The summed E-state index contributed by atoms with van der Waals surface area (Å²) in [5.41, 5.74) is 2.01. The van der Waals surface area contributed by atoms with Gasteiger partial charge in [0.15, 0.2) is 0 Å². The first kappa shape index (κ1) is 16.9. The lowest BCUT2D eigenvalue weighted by Crippen LogP contribution is -2.41. The summed E-state index contributed by atoms with van der Waals surface area (Å²) in [6.07, 6.45) is 0.769. The second kappa shape index (κ2) is 6.89. The molecule has 0 radical (unpaired) electrons. The van der Waals surface area contributed by atoms with Crippen LogP contribution in [0.25, 0.3) is 0 Å². The summed E-state index contributed by atoms with van der Waals surface area (Å²) in [5.74, 6) is 1.34. The SMILES string of the molecule is Cc1ccc(SCC(=O)N[C@H]2CC(C)(C)Oc3ccccc32)cc1. The Morgan fingerprint density at radius 3 is 2.67 bits per heavy atom. The van der Waals surface area contributed by atoms with E-state index in [-0.39, 0.29) is 17.6 Å². The van der Waals surface area contributed by atoms with Crippen LogP contribution in [-0.2, 0) is 4.79 Å². The van der Waals surface area contributed by atoms with Crippen molar-refractivity contribution in [3.05, 3.63) is 59.7 Å². The summed E-state index contributed by atoms with van der Waals surface area (Å²) in [5, 5.41) is 3.17. The maximum atomic E-state index is 12.4. The first-order valence-corrected chi connectivity index (χ1v) is 9.18. The quantitative estimate of drug-likeness (QED) is 0.832. The molecule has 0 saturated heterocycles. The Morgan fingerprint density at radius 2 is 1.92 bits per heavy atom. The topological polar surface area (TPSA) is 38.3 Å². The van der Waals surface area contributed by atoms with E-state index in [0.29, 0.717) is 5.75 Å². The molecule has 0 fully saturated rings. The van der Waals surface area contributed by atoms with E-state index in [1.807, 2.05) is 24.3 Å². The molecule has 1 N–H and O–H groups in total. The standard InChI is InChI=1S/C20H23NO2S/c1-14-8-10-15(11-9-14)24-13-19(22)21-17-12-20(2,3)23-18-7-5-4-6-16(17)18/h4-11,17H,12-13H2,1-3H3,(H,21,22)/t17-/m0/s1. The van der Waals surface area contributed by atoms with Crippen LogP contribution in [0.4, 0.5) is 0 Å². The largest absolute Gasteiger partial charge is 0.487 e. The minimum Gasteiger partial charge on any atom is -0.487 e. The van der Waals surface area contributed by atoms with Gasteiger partial charge in [0.25, 0.3) is 0 Å². The zero-order chi connectivity index (χ0) is 17.2. The molecule has 2 aromatic rings. The number of fused-ring (bicyclic) bond motifs is 1. The summed E-state index contributed by atoms with van der Waals surface area (Å²) < 4.78 is 6.02. The molecule has 3 nitrogen and oxygen atoms in total. The zero-order valence-electron chi connectivity index (χ0n) is 14.3. The highest BCUT2D eigenvalue weighted by atomic mass is 32.2. The van der Waals surface area contributed by atoms with Crippen LogP contribution in [0.5, 0.6) is 5.75 Å². The van der Waals surface area contributed by atoms with Gasteiger partial charge in [0.2, 0.25) is 5.91 Å². The first-order chi connectivity index (χ1) is 11.4. The van der Waals surface area contributed by atoms with Crippen molar-refractivity contribution in [3.8, 4) is 5.75 Å². The van der Waals surface area contributed by atoms with Crippen LogP contribution in [0.1, 0.15) is 37.4 Å². The Bertz CT molecular complexity index is 725. The van der Waals surface area contributed by atoms with E-state index in [4.69, 9.17) is 4.74 Å². The Hall–Kier alpha value is -1.94. The number of ether oxygens (including phenoxy) is 1. The molecule has 1 atom stereocenters. The van der Waals surface area contributed by atoms with Crippen LogP contribution in [0, 0.1) is 6.92 Å². The van der Waals surface area contributed by atoms with Gasteiger partial charge in [-0.05, 0) is 39.0 Å². The van der Waals surface area contributed by atoms with Crippen molar-refractivity contribution < 1.29 is 9.53 Å². The minimum absolute atomic E-state index is 0.00364. The van der Waals surface area contributed by atoms with E-state index < -0.39 is 0 Å². The molecule has 3 rings (SSSR count). The predicted octanol–water partition coefficient (Wildman–Crippen LogP) is 4.51. The normalized spacial score (nSPS) is 18.4. The number of hydrogen-bond donors (Lipinski definition) is 1. The highest BCUT2D eigenvalue weighted by Crippen LogP contribution is 2.39. The maximum Gasteiger partial charge on any atom is 0.230 e. The fourth-order valence-electron chi connectivity index (χ4n) is 2.95. The van der Waals surface area contributed by atoms with Crippen molar-refractivity contribution >= 4 is 17.7 Å². The number of hydrogen-bond acceptors (Lipinski definition) is 3. The van der Waals surface area contributed by atoms with Crippen molar-refractivity contribution in [2.75, 3.05) is 5.75 Å². The van der Waals surface area contributed by atoms with E-state index in [1.54, 1.807) is 11.8 Å². The molecule has 2 aromatic carbocycles. The predicted molar refractivity (Wildman–Crippen MR) is 98.6 cm³/mol. The van der Waals surface area contributed by atoms with Gasteiger partial charge in [-0.2, -0.15) is 0 Å². The fraction of sp³-hybridized carbons (Fsp3) is 0.350. The third-order valence-corrected chi connectivity index (χ3v) is 5.11. The van der Waals surface area contributed by atoms with Crippen LogP contribution in [0.15, 0.2) is 53.4 Å². The number of carbonyl (C=O) groups excluding carboxylic acids is 1. The monoisotopic (exact) mass is 341 g/mol. The number of thioether (sulfide) groups is 1. The van der Waals surface area contributed by atoms with Crippen molar-refractivity contribution in [1.82, 2.24) is 5.32 Å². The number of nitrogens with one attached hydrogen (secondary N) is 1. The number of rotatable bonds is 4. The molecule has 0 bridgehead atoms. The molecule has 1 aliphatic heterocycles. The van der Waals surface area contributed by atoms with E-state index in [2.05, 4.69) is 50.4 Å². The van der Waals surface area contributed by atoms with Gasteiger partial charge < -0.3 is 10.1 Å². The molecule has 1 aliphatic rings. The van der Waals surface area contributed by atoms with E-state index in [1.165, 1.54) is 5.56 Å². The van der Waals surface area contributed by atoms with Gasteiger partial charge in [-0.25, -0.2) is 0 Å². The van der Waals surface area contributed by atoms with Gasteiger partial charge in [0.05, 0.1) is 11.8 Å². The van der Waals surface area contributed by atoms with Gasteiger partial charge in [-0.1, -0.05) is 35.9 Å². The summed E-state index contributed by atoms with van der Waals surface area (Å²) in [6.45, 7) is 6.18. The third-order valence-electron chi connectivity index (χ3n) is 4.10. The number of aryl methyl sites for hydroxylation is 1. The Balaban J connectivity index is 1.64. The van der Waals surface area contributed by atoms with Crippen molar-refractivity contribution in [3.63, 3.8) is 0 Å². The molecule has 1 heterocycles. The summed E-state index contributed by atoms with van der Waals surface area (Å²) in [4.78, 5) is 13.5. The van der Waals surface area contributed by atoms with Gasteiger partial charge in [0.1, 0.15) is 11.4 Å². The molecular weight excluding hydrogens is 318 g/mol. The van der Waals surface area contributed by atoms with Crippen molar-refractivity contribution in [1.29, 1.82) is 0 Å². The number of benzene rings is 2. The maximum absolute atomic E-state index is 12.4. The van der Waals surface area contributed by atoms with E-state index in [9.17, 15) is 4.79 Å². The molecule has 0 aromatic heterocycles. The second-order valence-corrected chi connectivity index (χ2v) is 7.87. The molecule has 0 unspecified atom stereocenters. The van der Waals surface area contributed by atoms with Crippen LogP contribution in [0.2, 0.25) is 0 Å². The number of amides is 1. The highest BCUT2D eigenvalue weighted by molar-refractivity contribution is 8.00. The lowest BCUT2D eigenvalue weighted by molar-refractivity contribution is -0.119. The molecule has 0 saturated carbocycles. The fourth-order valence-corrected chi connectivity index (χ4v) is 3.66. The van der Waals surface area contributed by atoms with Crippen LogP contribution in [0.3, 0.4) is 0 Å². The summed E-state index contributed by atoms with van der Waals surface area (Å²) in [6, 6.07) is 16.2. The van der Waals surface area contributed by atoms with Crippen molar-refractivity contribution in [2.45, 2.75) is 43.7 Å². The third kappa shape index (κ3) is 4.12. The minimum atomic E-state index is -0.281. The van der Waals surface area contributed by atoms with E-state index in [0.717, 1.165) is 22.6 Å². The van der Waals surface area contributed by atoms with Crippen LogP contribution >= 0.6 is 11.8 Å². The first-order valence-electron chi connectivity index (χ1n) is 8.20. The second-order valence-electron chi connectivity index (χ2n) is 6.83. The summed E-state index contributed by atoms with van der Waals surface area (Å²) in [7, 11) is 0. The van der Waals surface area contributed by atoms with Gasteiger partial charge in [0, 0.05) is 16.9 Å². The molecule has 0 spiro atoms. The average molecular weight is 341 g/mol. The zero-order valence-corrected chi connectivity index (χ0v) is 15.2. The highest BCUT2D eigenvalue weighted by Gasteiger charge is 2.34. The number of carbonyl (C=O) groups is 1. The molecule has 126 valence electrons. The number of para-hydroxylation sites is 1. The molecule has 0 aliphatic carbocycles. The Morgan fingerprint density at radius 1 is 1.21 bits per heavy atom. The Kier molecular flexibility index (Phi) is 4.86. The van der Waals surface area contributed by atoms with Crippen molar-refractivity contribution in [2.24, 2.45) is 0 Å². The molecular formula is C20H23NO2S. The lowest BCUT2D eigenvalue weighted by atomic mass is 9.90. The molecule has 4 heteroatoms. The van der Waals surface area contributed by atoms with Gasteiger partial charge >= 0.3 is 0 Å². The molecule has 1 amide bonds. The van der Waals surface area contributed by atoms with Crippen LogP contribution in [-0.4, -0.2) is 17.3 Å². The Labute approximate surface area is 147 Å².